The van der Waals surface area contributed by atoms with Crippen molar-refractivity contribution >= 4 is 40.4 Å². The van der Waals surface area contributed by atoms with Crippen molar-refractivity contribution in [1.29, 1.82) is 0 Å². The summed E-state index contributed by atoms with van der Waals surface area (Å²) in [6.07, 6.45) is 6.04. The lowest BCUT2D eigenvalue weighted by Crippen LogP contribution is -2.42. The third-order valence-electron chi connectivity index (χ3n) is 7.77. The van der Waals surface area contributed by atoms with Gasteiger partial charge in [0, 0.05) is 29.8 Å². The molecule has 10 heteroatoms. The Kier molecular flexibility index (Phi) is 6.68. The van der Waals surface area contributed by atoms with Gasteiger partial charge in [0.1, 0.15) is 5.82 Å². The number of anilines is 1. The zero-order valence-corrected chi connectivity index (χ0v) is 21.6. The Morgan fingerprint density at radius 3 is 2.58 bits per heavy atom. The second kappa shape index (κ2) is 9.76. The summed E-state index contributed by atoms with van der Waals surface area (Å²) in [5, 5.41) is 14.3. The maximum Gasteiger partial charge on any atom is 0.414 e. The average Bonchev–Trinajstić information content (AvgIpc) is 3.46. The molecule has 0 saturated heterocycles. The Bertz CT molecular complexity index is 1290. The number of halogens is 1. The van der Waals surface area contributed by atoms with Crippen LogP contribution in [-0.2, 0) is 22.5 Å². The van der Waals surface area contributed by atoms with Gasteiger partial charge in [-0.2, -0.15) is 5.10 Å². The fourth-order valence-electron chi connectivity index (χ4n) is 5.91. The normalized spacial score (nSPS) is 22.9. The average molecular weight is 514 g/mol. The molecule has 1 aliphatic heterocycles. The van der Waals surface area contributed by atoms with E-state index < -0.39 is 5.97 Å². The van der Waals surface area contributed by atoms with E-state index >= 15 is 0 Å². The Morgan fingerprint density at radius 2 is 1.94 bits per heavy atom. The number of imidazole rings is 1. The highest BCUT2D eigenvalue weighted by molar-refractivity contribution is 6.29. The van der Waals surface area contributed by atoms with Gasteiger partial charge in [-0.15, -0.1) is 0 Å². The van der Waals surface area contributed by atoms with Crippen molar-refractivity contribution < 1.29 is 19.4 Å². The summed E-state index contributed by atoms with van der Waals surface area (Å²) in [6, 6.07) is 6.04. The third kappa shape index (κ3) is 4.34. The summed E-state index contributed by atoms with van der Waals surface area (Å²) < 4.78 is 9.23. The topological polar surface area (TPSA) is 102 Å². The minimum absolute atomic E-state index is 0.0405. The molecule has 1 saturated carbocycles. The zero-order chi connectivity index (χ0) is 25.6. The molecule has 5 rings (SSSR count). The number of methoxy groups -OCH3 is 1. The van der Waals surface area contributed by atoms with E-state index in [0.717, 1.165) is 53.8 Å². The molecule has 0 radical (unpaired) electrons. The quantitative estimate of drug-likeness (QED) is 0.489. The van der Waals surface area contributed by atoms with E-state index in [2.05, 4.69) is 22.7 Å². The summed E-state index contributed by atoms with van der Waals surface area (Å²) in [7, 11) is 1.41. The van der Waals surface area contributed by atoms with E-state index in [9.17, 15) is 14.7 Å². The lowest BCUT2D eigenvalue weighted by atomic mass is 9.85. The maximum atomic E-state index is 12.6. The standard InChI is InChI=1S/C26H32ClN5O4/c1-15(14-30-13-12-22(27)29-30)24-28-23-19-9-4-16(2)31(26(35)36-3)20(19)10-11-21(23)32(24)18-7-5-17(6-8-18)25(33)34/h10-13,15-18H,4-9,14H2,1-3H3,(H,33,34). The van der Waals surface area contributed by atoms with Crippen LogP contribution >= 0.6 is 11.6 Å². The molecular formula is C26H32ClN5O4. The van der Waals surface area contributed by atoms with Crippen molar-refractivity contribution in [2.45, 2.75) is 76.9 Å². The van der Waals surface area contributed by atoms with Crippen LogP contribution < -0.4 is 4.90 Å². The van der Waals surface area contributed by atoms with Crippen LogP contribution in [0, 0.1) is 5.92 Å². The summed E-state index contributed by atoms with van der Waals surface area (Å²) in [6.45, 7) is 4.78. The Balaban J connectivity index is 1.60. The number of aliphatic carboxylic acids is 1. The predicted molar refractivity (Wildman–Crippen MR) is 137 cm³/mol. The fourth-order valence-corrected chi connectivity index (χ4v) is 6.06. The van der Waals surface area contributed by atoms with E-state index in [1.807, 2.05) is 23.9 Å². The van der Waals surface area contributed by atoms with Gasteiger partial charge >= 0.3 is 12.1 Å². The van der Waals surface area contributed by atoms with E-state index in [0.29, 0.717) is 24.5 Å². The number of amides is 1. The number of benzene rings is 1. The van der Waals surface area contributed by atoms with Crippen LogP contribution in [0.15, 0.2) is 24.4 Å². The molecule has 1 aliphatic carbocycles. The Hall–Kier alpha value is -3.07. The van der Waals surface area contributed by atoms with E-state index in [4.69, 9.17) is 21.3 Å². The SMILES string of the molecule is COC(=O)N1c2ccc3c(nc(C(C)Cn4ccc(Cl)n4)n3C3CCC(C(=O)O)CC3)c2CCC1C. The van der Waals surface area contributed by atoms with Crippen LogP contribution in [0.25, 0.3) is 11.0 Å². The fraction of sp³-hybridized carbons (Fsp3) is 0.538. The molecule has 9 nitrogen and oxygen atoms in total. The van der Waals surface area contributed by atoms with Gasteiger partial charge in [0.25, 0.3) is 0 Å². The van der Waals surface area contributed by atoms with Gasteiger partial charge in [-0.05, 0) is 63.6 Å². The lowest BCUT2D eigenvalue weighted by Gasteiger charge is -2.34. The van der Waals surface area contributed by atoms with Crippen LogP contribution in [-0.4, -0.2) is 49.7 Å². The molecule has 2 unspecified atom stereocenters. The number of carbonyl (C=O) groups is 2. The number of carbonyl (C=O) groups excluding carboxylic acids is 1. The lowest BCUT2D eigenvalue weighted by molar-refractivity contribution is -0.143. The molecule has 1 aromatic carbocycles. The molecule has 0 spiro atoms. The first kappa shape index (κ1) is 24.6. The molecule has 2 aliphatic rings. The van der Waals surface area contributed by atoms with E-state index in [1.165, 1.54) is 7.11 Å². The largest absolute Gasteiger partial charge is 0.481 e. The molecule has 1 fully saturated rings. The molecule has 1 amide bonds. The molecule has 2 aromatic heterocycles. The van der Waals surface area contributed by atoms with Crippen LogP contribution in [0.5, 0.6) is 0 Å². The molecule has 36 heavy (non-hydrogen) atoms. The zero-order valence-electron chi connectivity index (χ0n) is 20.9. The number of carboxylic acids is 1. The van der Waals surface area contributed by atoms with Gasteiger partial charge in [0.05, 0.1) is 36.3 Å². The smallest absolute Gasteiger partial charge is 0.414 e. The van der Waals surface area contributed by atoms with E-state index in [-0.39, 0.29) is 30.0 Å². The van der Waals surface area contributed by atoms with Gasteiger partial charge in [0.2, 0.25) is 0 Å². The van der Waals surface area contributed by atoms with Gasteiger partial charge in [-0.1, -0.05) is 18.5 Å². The minimum Gasteiger partial charge on any atom is -0.481 e. The molecule has 2 atom stereocenters. The molecule has 1 N–H and O–H groups in total. The van der Waals surface area contributed by atoms with Crippen LogP contribution in [0.4, 0.5) is 10.5 Å². The van der Waals surface area contributed by atoms with Crippen molar-refractivity contribution in [2.75, 3.05) is 12.0 Å². The van der Waals surface area contributed by atoms with Crippen LogP contribution in [0.3, 0.4) is 0 Å². The van der Waals surface area contributed by atoms with Gasteiger partial charge < -0.3 is 14.4 Å². The predicted octanol–water partition coefficient (Wildman–Crippen LogP) is 5.41. The van der Waals surface area contributed by atoms with Gasteiger partial charge in [0.15, 0.2) is 5.15 Å². The van der Waals surface area contributed by atoms with Crippen molar-refractivity contribution in [3.05, 3.63) is 40.9 Å². The number of aryl methyl sites for hydroxylation is 1. The number of hydrogen-bond acceptors (Lipinski definition) is 5. The molecule has 192 valence electrons. The molecule has 0 bridgehead atoms. The van der Waals surface area contributed by atoms with Crippen molar-refractivity contribution in [1.82, 2.24) is 19.3 Å². The second-order valence-electron chi connectivity index (χ2n) is 10.1. The number of carboxylic acid groups (broad SMARTS) is 1. The number of rotatable bonds is 5. The Labute approximate surface area is 215 Å². The summed E-state index contributed by atoms with van der Waals surface area (Å²) in [5.74, 6) is -0.00218. The third-order valence-corrected chi connectivity index (χ3v) is 7.98. The Morgan fingerprint density at radius 1 is 1.19 bits per heavy atom. The van der Waals surface area contributed by atoms with Crippen LogP contribution in [0.2, 0.25) is 5.15 Å². The highest BCUT2D eigenvalue weighted by atomic mass is 35.5. The highest BCUT2D eigenvalue weighted by Crippen LogP contribution is 2.41. The van der Waals surface area contributed by atoms with E-state index in [1.54, 1.807) is 11.0 Å². The molecular weight excluding hydrogens is 482 g/mol. The van der Waals surface area contributed by atoms with Crippen LogP contribution in [0.1, 0.15) is 69.3 Å². The monoisotopic (exact) mass is 513 g/mol. The molecule has 3 aromatic rings. The summed E-state index contributed by atoms with van der Waals surface area (Å²) >= 11 is 6.05. The summed E-state index contributed by atoms with van der Waals surface area (Å²) in [4.78, 5) is 31.1. The minimum atomic E-state index is -0.709. The second-order valence-corrected chi connectivity index (χ2v) is 10.5. The summed E-state index contributed by atoms with van der Waals surface area (Å²) in [5.41, 5.74) is 3.86. The van der Waals surface area contributed by atoms with Crippen molar-refractivity contribution in [3.63, 3.8) is 0 Å². The highest BCUT2D eigenvalue weighted by Gasteiger charge is 2.34. The number of aromatic nitrogens is 4. The maximum absolute atomic E-state index is 12.6. The molecule has 3 heterocycles. The number of nitrogens with zero attached hydrogens (tertiary/aromatic N) is 5. The first-order valence-electron chi connectivity index (χ1n) is 12.6. The van der Waals surface area contributed by atoms with Crippen molar-refractivity contribution in [2.24, 2.45) is 5.92 Å². The first-order chi connectivity index (χ1) is 17.3. The van der Waals surface area contributed by atoms with Crippen molar-refractivity contribution in [3.8, 4) is 0 Å². The first-order valence-corrected chi connectivity index (χ1v) is 13.0. The van der Waals surface area contributed by atoms with Gasteiger partial charge in [-0.3, -0.25) is 14.4 Å². The number of hydrogen-bond donors (Lipinski definition) is 1. The number of ether oxygens (including phenoxy) is 1. The number of fused-ring (bicyclic) bond motifs is 3. The van der Waals surface area contributed by atoms with Gasteiger partial charge in [-0.25, -0.2) is 9.78 Å².